The molecule has 0 aliphatic carbocycles. The van der Waals surface area contributed by atoms with Gasteiger partial charge in [0.05, 0.1) is 17.9 Å². The fourth-order valence-electron chi connectivity index (χ4n) is 4.51. The fourth-order valence-corrected chi connectivity index (χ4v) is 4.51. The quantitative estimate of drug-likeness (QED) is 0.411. The topological polar surface area (TPSA) is 108 Å². The molecule has 0 atom stereocenters. The molecule has 0 spiro atoms. The third kappa shape index (κ3) is 7.97. The number of anilines is 1. The standard InChI is InChI=1S/C26H38N4O5/c1-2-3-19-35-25(33)21-9-5-6-10-22(21)28-26(34)27-14-11-23(31)29-17-12-20(13-18-29)24(32)30-15-7-4-8-16-30/h5-6,9-10,20H,2-4,7-8,11-19H2,1H3,(H2,27,28,34). The molecule has 1 aromatic carbocycles. The zero-order valence-corrected chi connectivity index (χ0v) is 20.7. The van der Waals surface area contributed by atoms with Gasteiger partial charge in [-0.2, -0.15) is 0 Å². The van der Waals surface area contributed by atoms with Crippen LogP contribution in [0, 0.1) is 5.92 Å². The highest BCUT2D eigenvalue weighted by Crippen LogP contribution is 2.22. The first-order valence-corrected chi connectivity index (χ1v) is 12.9. The van der Waals surface area contributed by atoms with Gasteiger partial charge in [-0.15, -0.1) is 0 Å². The minimum atomic E-state index is -0.488. The molecule has 0 aromatic heterocycles. The van der Waals surface area contributed by atoms with Crippen molar-refractivity contribution in [2.24, 2.45) is 5.92 Å². The van der Waals surface area contributed by atoms with Crippen LogP contribution in [0.25, 0.3) is 0 Å². The van der Waals surface area contributed by atoms with E-state index in [-0.39, 0.29) is 36.3 Å². The molecule has 0 bridgehead atoms. The number of benzene rings is 1. The second kappa shape index (κ2) is 13.7. The average molecular weight is 487 g/mol. The lowest BCUT2D eigenvalue weighted by atomic mass is 9.94. The Bertz CT molecular complexity index is 876. The van der Waals surface area contributed by atoms with E-state index in [0.29, 0.717) is 38.2 Å². The molecule has 2 N–H and O–H groups in total. The zero-order chi connectivity index (χ0) is 25.0. The van der Waals surface area contributed by atoms with Crippen LogP contribution >= 0.6 is 0 Å². The van der Waals surface area contributed by atoms with Crippen molar-refractivity contribution >= 4 is 29.5 Å². The van der Waals surface area contributed by atoms with Gasteiger partial charge in [-0.05, 0) is 50.7 Å². The van der Waals surface area contributed by atoms with Crippen molar-refractivity contribution in [3.63, 3.8) is 0 Å². The summed E-state index contributed by atoms with van der Waals surface area (Å²) in [5.74, 6) is -0.264. The molecule has 9 heteroatoms. The van der Waals surface area contributed by atoms with E-state index in [4.69, 9.17) is 4.74 Å². The highest BCUT2D eigenvalue weighted by Gasteiger charge is 2.30. The first-order chi connectivity index (χ1) is 17.0. The molecule has 3 rings (SSSR count). The Morgan fingerprint density at radius 2 is 1.69 bits per heavy atom. The van der Waals surface area contributed by atoms with Crippen LogP contribution in [0.3, 0.4) is 0 Å². The Hall–Kier alpha value is -3.10. The summed E-state index contributed by atoms with van der Waals surface area (Å²) in [5.41, 5.74) is 0.648. The van der Waals surface area contributed by atoms with E-state index in [9.17, 15) is 19.2 Å². The van der Waals surface area contributed by atoms with Crippen molar-refractivity contribution in [1.29, 1.82) is 0 Å². The van der Waals surface area contributed by atoms with Crippen LogP contribution < -0.4 is 10.6 Å². The molecule has 2 heterocycles. The van der Waals surface area contributed by atoms with Crippen LogP contribution in [-0.4, -0.2) is 72.9 Å². The van der Waals surface area contributed by atoms with Gasteiger partial charge in [0.1, 0.15) is 0 Å². The molecule has 0 unspecified atom stereocenters. The maximum absolute atomic E-state index is 12.7. The van der Waals surface area contributed by atoms with Gasteiger partial charge in [0.25, 0.3) is 0 Å². The summed E-state index contributed by atoms with van der Waals surface area (Å²) in [4.78, 5) is 53.7. The van der Waals surface area contributed by atoms with Crippen molar-refractivity contribution in [3.05, 3.63) is 29.8 Å². The minimum Gasteiger partial charge on any atom is -0.462 e. The highest BCUT2D eigenvalue weighted by molar-refractivity contribution is 6.00. The number of urea groups is 1. The van der Waals surface area contributed by atoms with Crippen LogP contribution in [0.5, 0.6) is 0 Å². The van der Waals surface area contributed by atoms with Gasteiger partial charge >= 0.3 is 12.0 Å². The number of unbranched alkanes of at least 4 members (excludes halogenated alkanes) is 1. The number of likely N-dealkylation sites (tertiary alicyclic amines) is 2. The summed E-state index contributed by atoms with van der Waals surface area (Å²) in [6.07, 6.45) is 6.63. The van der Waals surface area contributed by atoms with E-state index in [1.165, 1.54) is 6.42 Å². The van der Waals surface area contributed by atoms with E-state index in [2.05, 4.69) is 10.6 Å². The molecule has 0 radical (unpaired) electrons. The maximum atomic E-state index is 12.7. The molecule has 1 aromatic rings. The molecule has 192 valence electrons. The van der Waals surface area contributed by atoms with Crippen molar-refractivity contribution < 1.29 is 23.9 Å². The molecule has 4 amide bonds. The van der Waals surface area contributed by atoms with Gasteiger partial charge in [0, 0.05) is 45.1 Å². The number of carbonyl (C=O) groups excluding carboxylic acids is 4. The van der Waals surface area contributed by atoms with Crippen molar-refractivity contribution in [1.82, 2.24) is 15.1 Å². The number of piperidine rings is 2. The van der Waals surface area contributed by atoms with E-state index in [0.717, 1.165) is 38.8 Å². The van der Waals surface area contributed by atoms with Crippen LogP contribution in [0.4, 0.5) is 10.5 Å². The summed E-state index contributed by atoms with van der Waals surface area (Å²) >= 11 is 0. The lowest BCUT2D eigenvalue weighted by Gasteiger charge is -2.35. The summed E-state index contributed by atoms with van der Waals surface area (Å²) in [5, 5.41) is 5.35. The van der Waals surface area contributed by atoms with Crippen molar-refractivity contribution in [2.75, 3.05) is 44.6 Å². The van der Waals surface area contributed by atoms with E-state index in [1.807, 2.05) is 11.8 Å². The van der Waals surface area contributed by atoms with Gasteiger partial charge in [-0.3, -0.25) is 9.59 Å². The van der Waals surface area contributed by atoms with E-state index < -0.39 is 12.0 Å². The summed E-state index contributed by atoms with van der Waals surface area (Å²) in [6.45, 7) is 5.39. The Morgan fingerprint density at radius 1 is 0.971 bits per heavy atom. The first-order valence-electron chi connectivity index (χ1n) is 12.9. The van der Waals surface area contributed by atoms with Gasteiger partial charge in [-0.25, -0.2) is 9.59 Å². The predicted octanol–water partition coefficient (Wildman–Crippen LogP) is 3.41. The Balaban J connectivity index is 1.38. The SMILES string of the molecule is CCCCOC(=O)c1ccccc1NC(=O)NCCC(=O)N1CCC(C(=O)N2CCCCC2)CC1. The summed E-state index contributed by atoms with van der Waals surface area (Å²) in [6, 6.07) is 6.18. The third-order valence-corrected chi connectivity index (χ3v) is 6.62. The average Bonchev–Trinajstić information content (AvgIpc) is 2.89. The summed E-state index contributed by atoms with van der Waals surface area (Å²) in [7, 11) is 0. The number of nitrogens with zero attached hydrogens (tertiary/aromatic N) is 2. The molecule has 9 nitrogen and oxygen atoms in total. The highest BCUT2D eigenvalue weighted by atomic mass is 16.5. The normalized spacial score (nSPS) is 16.5. The second-order valence-corrected chi connectivity index (χ2v) is 9.21. The Labute approximate surface area is 207 Å². The minimum absolute atomic E-state index is 0.00906. The number of ether oxygens (including phenoxy) is 1. The molecular weight excluding hydrogens is 448 g/mol. The van der Waals surface area contributed by atoms with Crippen LogP contribution in [-0.2, 0) is 14.3 Å². The molecule has 35 heavy (non-hydrogen) atoms. The monoisotopic (exact) mass is 486 g/mol. The zero-order valence-electron chi connectivity index (χ0n) is 20.7. The molecule has 2 aliphatic rings. The molecule has 2 aliphatic heterocycles. The number of carbonyl (C=O) groups is 4. The number of esters is 1. The third-order valence-electron chi connectivity index (χ3n) is 6.62. The van der Waals surface area contributed by atoms with Crippen molar-refractivity contribution in [2.45, 2.75) is 58.3 Å². The van der Waals surface area contributed by atoms with Crippen LogP contribution in [0.2, 0.25) is 0 Å². The van der Waals surface area contributed by atoms with Crippen LogP contribution in [0.1, 0.15) is 68.6 Å². The molecule has 2 saturated heterocycles. The number of nitrogens with one attached hydrogen (secondary N) is 2. The second-order valence-electron chi connectivity index (χ2n) is 9.21. The van der Waals surface area contributed by atoms with E-state index >= 15 is 0 Å². The molecule has 0 saturated carbocycles. The van der Waals surface area contributed by atoms with E-state index in [1.54, 1.807) is 29.2 Å². The largest absolute Gasteiger partial charge is 0.462 e. The van der Waals surface area contributed by atoms with Gasteiger partial charge < -0.3 is 25.2 Å². The predicted molar refractivity (Wildman–Crippen MR) is 133 cm³/mol. The van der Waals surface area contributed by atoms with Gasteiger partial charge in [0.2, 0.25) is 11.8 Å². The van der Waals surface area contributed by atoms with Crippen molar-refractivity contribution in [3.8, 4) is 0 Å². The van der Waals surface area contributed by atoms with Gasteiger partial charge in [0.15, 0.2) is 0 Å². The first kappa shape index (κ1) is 26.5. The Morgan fingerprint density at radius 3 is 2.40 bits per heavy atom. The number of amides is 4. The van der Waals surface area contributed by atoms with Crippen LogP contribution in [0.15, 0.2) is 24.3 Å². The number of hydrogen-bond donors (Lipinski definition) is 2. The molecule has 2 fully saturated rings. The maximum Gasteiger partial charge on any atom is 0.340 e. The lowest BCUT2D eigenvalue weighted by Crippen LogP contribution is -2.46. The number of hydrogen-bond acceptors (Lipinski definition) is 5. The fraction of sp³-hybridized carbons (Fsp3) is 0.615. The number of para-hydroxylation sites is 1. The Kier molecular flexibility index (Phi) is 10.4. The molecular formula is C26H38N4O5. The van der Waals surface area contributed by atoms with Gasteiger partial charge in [-0.1, -0.05) is 25.5 Å². The lowest BCUT2D eigenvalue weighted by molar-refractivity contribution is -0.141. The smallest absolute Gasteiger partial charge is 0.340 e. The summed E-state index contributed by atoms with van der Waals surface area (Å²) < 4.78 is 5.24. The number of rotatable bonds is 9.